The highest BCUT2D eigenvalue weighted by atomic mass is 35.5. The van der Waals surface area contributed by atoms with Crippen molar-refractivity contribution in [2.24, 2.45) is 0 Å². The molecule has 0 amide bonds. The summed E-state index contributed by atoms with van der Waals surface area (Å²) in [6, 6.07) is 18.9. The SMILES string of the molecule is C[C@@H](CO)Nc1nc(-c2ccccc2)nc2[nH]c(COc3cccc(Cl)c3)cc12. The molecule has 0 unspecified atom stereocenters. The third kappa shape index (κ3) is 4.50. The largest absolute Gasteiger partial charge is 0.487 e. The summed E-state index contributed by atoms with van der Waals surface area (Å²) in [5.41, 5.74) is 2.48. The number of H-pyrrole nitrogens is 1. The fourth-order valence-electron chi connectivity index (χ4n) is 2.96. The van der Waals surface area contributed by atoms with E-state index in [0.29, 0.717) is 34.7 Å². The molecule has 148 valence electrons. The molecule has 4 aromatic rings. The van der Waals surface area contributed by atoms with Gasteiger partial charge in [-0.05, 0) is 31.2 Å². The van der Waals surface area contributed by atoms with Gasteiger partial charge in [0.05, 0.1) is 17.7 Å². The van der Waals surface area contributed by atoms with Gasteiger partial charge in [-0.25, -0.2) is 9.97 Å². The van der Waals surface area contributed by atoms with Crippen LogP contribution >= 0.6 is 11.6 Å². The van der Waals surface area contributed by atoms with E-state index in [9.17, 15) is 5.11 Å². The quantitative estimate of drug-likeness (QED) is 0.414. The van der Waals surface area contributed by atoms with E-state index in [1.54, 1.807) is 12.1 Å². The number of nitrogens with one attached hydrogen (secondary N) is 2. The van der Waals surface area contributed by atoms with Crippen molar-refractivity contribution in [2.45, 2.75) is 19.6 Å². The van der Waals surface area contributed by atoms with Crippen molar-refractivity contribution < 1.29 is 9.84 Å². The molecule has 0 saturated heterocycles. The second-order valence-corrected chi connectivity index (χ2v) is 7.23. The summed E-state index contributed by atoms with van der Waals surface area (Å²) in [6.45, 7) is 2.24. The molecule has 0 radical (unpaired) electrons. The molecule has 0 bridgehead atoms. The molecule has 7 heteroatoms. The predicted octanol–water partition coefficient (Wildman–Crippen LogP) is 4.65. The number of anilines is 1. The van der Waals surface area contributed by atoms with Crippen LogP contribution in [0.4, 0.5) is 5.82 Å². The average molecular weight is 409 g/mol. The second kappa shape index (κ2) is 8.51. The lowest BCUT2D eigenvalue weighted by molar-refractivity contribution is 0.281. The van der Waals surface area contributed by atoms with E-state index in [-0.39, 0.29) is 12.6 Å². The van der Waals surface area contributed by atoms with Crippen molar-refractivity contribution in [3.8, 4) is 17.1 Å². The minimum Gasteiger partial charge on any atom is -0.487 e. The fourth-order valence-corrected chi connectivity index (χ4v) is 3.15. The van der Waals surface area contributed by atoms with E-state index in [1.807, 2.05) is 55.5 Å². The van der Waals surface area contributed by atoms with Crippen molar-refractivity contribution in [3.63, 3.8) is 0 Å². The van der Waals surface area contributed by atoms with Crippen LogP contribution in [0.1, 0.15) is 12.6 Å². The van der Waals surface area contributed by atoms with Gasteiger partial charge in [-0.15, -0.1) is 0 Å². The first kappa shape index (κ1) is 19.2. The minimum atomic E-state index is -0.141. The number of ether oxygens (including phenoxy) is 1. The summed E-state index contributed by atoms with van der Waals surface area (Å²) in [7, 11) is 0. The van der Waals surface area contributed by atoms with Crippen LogP contribution in [-0.2, 0) is 6.61 Å². The summed E-state index contributed by atoms with van der Waals surface area (Å²) in [5, 5.41) is 14.2. The monoisotopic (exact) mass is 408 g/mol. The number of hydrogen-bond donors (Lipinski definition) is 3. The summed E-state index contributed by atoms with van der Waals surface area (Å²) in [4.78, 5) is 12.7. The minimum absolute atomic E-state index is 0.00131. The maximum Gasteiger partial charge on any atom is 0.163 e. The van der Waals surface area contributed by atoms with Gasteiger partial charge in [0.25, 0.3) is 0 Å². The maximum absolute atomic E-state index is 9.45. The molecular formula is C22H21ClN4O2. The first-order valence-corrected chi connectivity index (χ1v) is 9.71. The van der Waals surface area contributed by atoms with Crippen molar-refractivity contribution in [2.75, 3.05) is 11.9 Å². The first-order valence-electron chi connectivity index (χ1n) is 9.33. The van der Waals surface area contributed by atoms with Gasteiger partial charge in [0.1, 0.15) is 23.8 Å². The number of hydrogen-bond acceptors (Lipinski definition) is 5. The number of aliphatic hydroxyl groups excluding tert-OH is 1. The van der Waals surface area contributed by atoms with Crippen LogP contribution in [0.5, 0.6) is 5.75 Å². The lowest BCUT2D eigenvalue weighted by Crippen LogP contribution is -2.20. The molecule has 1 atom stereocenters. The number of aromatic amines is 1. The normalized spacial score (nSPS) is 12.1. The first-order chi connectivity index (χ1) is 14.1. The smallest absolute Gasteiger partial charge is 0.163 e. The van der Waals surface area contributed by atoms with E-state index in [2.05, 4.69) is 15.3 Å². The highest BCUT2D eigenvalue weighted by molar-refractivity contribution is 6.30. The Morgan fingerprint density at radius 1 is 1.10 bits per heavy atom. The van der Waals surface area contributed by atoms with E-state index in [1.165, 1.54) is 0 Å². The Morgan fingerprint density at radius 3 is 2.69 bits per heavy atom. The molecule has 0 aliphatic heterocycles. The van der Waals surface area contributed by atoms with Gasteiger partial charge in [-0.1, -0.05) is 48.0 Å². The van der Waals surface area contributed by atoms with Crippen LogP contribution in [0.15, 0.2) is 60.7 Å². The molecule has 0 fully saturated rings. The third-order valence-corrected chi connectivity index (χ3v) is 4.66. The fraction of sp³-hybridized carbons (Fsp3) is 0.182. The number of aromatic nitrogens is 3. The summed E-state index contributed by atoms with van der Waals surface area (Å²) < 4.78 is 5.84. The van der Waals surface area contributed by atoms with Crippen molar-refractivity contribution in [3.05, 3.63) is 71.4 Å². The number of benzene rings is 2. The lowest BCUT2D eigenvalue weighted by atomic mass is 10.2. The average Bonchev–Trinajstić information content (AvgIpc) is 3.16. The van der Waals surface area contributed by atoms with Gasteiger partial charge in [0, 0.05) is 16.6 Å². The number of halogens is 1. The zero-order valence-electron chi connectivity index (χ0n) is 15.9. The van der Waals surface area contributed by atoms with Gasteiger partial charge in [0.2, 0.25) is 0 Å². The van der Waals surface area contributed by atoms with Gasteiger partial charge < -0.3 is 20.1 Å². The molecule has 4 rings (SSSR count). The molecule has 29 heavy (non-hydrogen) atoms. The molecule has 0 aliphatic carbocycles. The van der Waals surface area contributed by atoms with E-state index < -0.39 is 0 Å². The topological polar surface area (TPSA) is 83.1 Å². The van der Waals surface area contributed by atoms with Crippen LogP contribution in [-0.4, -0.2) is 32.7 Å². The number of fused-ring (bicyclic) bond motifs is 1. The highest BCUT2D eigenvalue weighted by Crippen LogP contribution is 2.27. The van der Waals surface area contributed by atoms with E-state index in [4.69, 9.17) is 21.3 Å². The van der Waals surface area contributed by atoms with Crippen LogP contribution in [0.25, 0.3) is 22.4 Å². The van der Waals surface area contributed by atoms with Crippen molar-refractivity contribution in [1.82, 2.24) is 15.0 Å². The van der Waals surface area contributed by atoms with Crippen molar-refractivity contribution in [1.29, 1.82) is 0 Å². The van der Waals surface area contributed by atoms with Crippen LogP contribution < -0.4 is 10.1 Å². The Balaban J connectivity index is 1.68. The Bertz CT molecular complexity index is 1110. The summed E-state index contributed by atoms with van der Waals surface area (Å²) in [5.74, 6) is 1.97. The Labute approximate surface area is 173 Å². The van der Waals surface area contributed by atoms with E-state index in [0.717, 1.165) is 16.6 Å². The zero-order valence-corrected chi connectivity index (χ0v) is 16.6. The molecule has 0 spiro atoms. The molecule has 6 nitrogen and oxygen atoms in total. The summed E-state index contributed by atoms with van der Waals surface area (Å²) in [6.07, 6.45) is 0. The van der Waals surface area contributed by atoms with Crippen LogP contribution in [0.3, 0.4) is 0 Å². The van der Waals surface area contributed by atoms with Crippen molar-refractivity contribution >= 4 is 28.5 Å². The zero-order chi connectivity index (χ0) is 20.2. The standard InChI is InChI=1S/C22H21ClN4O2/c1-14(12-28)24-21-19-11-17(13-29-18-9-5-8-16(23)10-18)25-22(19)27-20(26-21)15-6-3-2-4-7-15/h2-11,14,28H,12-13H2,1H3,(H2,24,25,26,27)/t14-/m0/s1. The third-order valence-electron chi connectivity index (χ3n) is 4.42. The number of aliphatic hydroxyl groups is 1. The molecular weight excluding hydrogens is 388 g/mol. The molecule has 2 aromatic heterocycles. The number of nitrogens with zero attached hydrogens (tertiary/aromatic N) is 2. The van der Waals surface area contributed by atoms with E-state index >= 15 is 0 Å². The second-order valence-electron chi connectivity index (χ2n) is 6.79. The molecule has 2 aromatic carbocycles. The molecule has 3 N–H and O–H groups in total. The Morgan fingerprint density at radius 2 is 1.93 bits per heavy atom. The molecule has 0 saturated carbocycles. The highest BCUT2D eigenvalue weighted by Gasteiger charge is 2.14. The Kier molecular flexibility index (Phi) is 5.64. The van der Waals surface area contributed by atoms with Gasteiger partial charge in [-0.3, -0.25) is 0 Å². The van der Waals surface area contributed by atoms with Gasteiger partial charge >= 0.3 is 0 Å². The maximum atomic E-state index is 9.45. The Hall–Kier alpha value is -3.09. The number of rotatable bonds is 7. The molecule has 2 heterocycles. The van der Waals surface area contributed by atoms with Crippen LogP contribution in [0.2, 0.25) is 5.02 Å². The van der Waals surface area contributed by atoms with Gasteiger partial charge in [-0.2, -0.15) is 0 Å². The predicted molar refractivity (Wildman–Crippen MR) is 115 cm³/mol. The van der Waals surface area contributed by atoms with Crippen LogP contribution in [0, 0.1) is 0 Å². The summed E-state index contributed by atoms with van der Waals surface area (Å²) >= 11 is 6.01. The lowest BCUT2D eigenvalue weighted by Gasteiger charge is -2.13. The van der Waals surface area contributed by atoms with Gasteiger partial charge in [0.15, 0.2) is 5.82 Å². The molecule has 0 aliphatic rings.